The Balaban J connectivity index is 0.000001000. The predicted octanol–water partition coefficient (Wildman–Crippen LogP) is 0.865. The van der Waals surface area contributed by atoms with E-state index in [0.29, 0.717) is 0 Å². The van der Waals surface area contributed by atoms with Gasteiger partial charge in [-0.05, 0) is 6.92 Å². The molecule has 0 bridgehead atoms. The fourth-order valence-electron chi connectivity index (χ4n) is 0.621. The van der Waals surface area contributed by atoms with E-state index in [1.165, 1.54) is 11.3 Å². The van der Waals surface area contributed by atoms with E-state index in [1.54, 1.807) is 0 Å². The molecule has 1 heterocycles. The maximum absolute atomic E-state index is 8.64. The van der Waals surface area contributed by atoms with Crippen LogP contribution < -0.4 is 5.73 Å². The lowest BCUT2D eigenvalue weighted by Crippen LogP contribution is -2.13. The van der Waals surface area contributed by atoms with Crippen molar-refractivity contribution in [3.63, 3.8) is 0 Å². The Hall–Kier alpha value is -0.160. The van der Waals surface area contributed by atoms with Gasteiger partial charge in [0.2, 0.25) is 0 Å². The number of thiazole rings is 1. The molecule has 5 heteroatoms. The molecule has 0 aliphatic carbocycles. The predicted molar refractivity (Wildman–Crippen MR) is 48.1 cm³/mol. The number of aliphatic hydroxyl groups is 1. The van der Waals surface area contributed by atoms with E-state index < -0.39 is 0 Å². The van der Waals surface area contributed by atoms with E-state index >= 15 is 0 Å². The van der Waals surface area contributed by atoms with Crippen molar-refractivity contribution in [2.45, 2.75) is 13.0 Å². The molecule has 1 aromatic heterocycles. The van der Waals surface area contributed by atoms with Crippen LogP contribution in [0.4, 0.5) is 0 Å². The van der Waals surface area contributed by atoms with Crippen LogP contribution in [0, 0.1) is 6.92 Å². The summed E-state index contributed by atoms with van der Waals surface area (Å²) in [5.41, 5.74) is 6.47. The van der Waals surface area contributed by atoms with Crippen LogP contribution in [0.2, 0.25) is 0 Å². The van der Waals surface area contributed by atoms with Gasteiger partial charge in [-0.1, -0.05) is 0 Å². The van der Waals surface area contributed by atoms with E-state index in [4.69, 9.17) is 10.8 Å². The smallest absolute Gasteiger partial charge is 0.112 e. The molecule has 3 N–H and O–H groups in total. The number of nitrogens with two attached hydrogens (primary N) is 1. The average molecular weight is 195 g/mol. The van der Waals surface area contributed by atoms with Crippen molar-refractivity contribution in [1.29, 1.82) is 0 Å². The Morgan fingerprint density at radius 2 is 2.45 bits per heavy atom. The maximum Gasteiger partial charge on any atom is 0.112 e. The van der Waals surface area contributed by atoms with Crippen molar-refractivity contribution in [2.75, 3.05) is 6.61 Å². The SMILES string of the molecule is Cc1csc(C(N)CO)n1.Cl. The lowest BCUT2D eigenvalue weighted by atomic mass is 10.3. The molecule has 1 atom stereocenters. The lowest BCUT2D eigenvalue weighted by molar-refractivity contribution is 0.267. The number of rotatable bonds is 2. The second-order valence-electron chi connectivity index (χ2n) is 2.12. The normalized spacial score (nSPS) is 12.3. The number of aliphatic hydroxyl groups excluding tert-OH is 1. The van der Waals surface area contributed by atoms with Gasteiger partial charge in [0.1, 0.15) is 5.01 Å². The highest BCUT2D eigenvalue weighted by atomic mass is 35.5. The first kappa shape index (κ1) is 10.8. The third kappa shape index (κ3) is 2.75. The zero-order chi connectivity index (χ0) is 7.56. The van der Waals surface area contributed by atoms with Gasteiger partial charge in [0.15, 0.2) is 0 Å². The van der Waals surface area contributed by atoms with Gasteiger partial charge in [-0.25, -0.2) is 4.98 Å². The fourth-order valence-corrected chi connectivity index (χ4v) is 1.41. The topological polar surface area (TPSA) is 59.1 Å². The molecule has 0 aliphatic rings. The number of hydrogen-bond donors (Lipinski definition) is 2. The van der Waals surface area contributed by atoms with E-state index in [1.807, 2.05) is 12.3 Å². The summed E-state index contributed by atoms with van der Waals surface area (Å²) in [4.78, 5) is 4.11. The largest absolute Gasteiger partial charge is 0.394 e. The molecule has 0 saturated heterocycles. The average Bonchev–Trinajstić information content (AvgIpc) is 2.34. The molecule has 0 amide bonds. The van der Waals surface area contributed by atoms with E-state index in [2.05, 4.69) is 4.98 Å². The Kier molecular flexibility index (Phi) is 4.60. The summed E-state index contributed by atoms with van der Waals surface area (Å²) in [5, 5.41) is 11.4. The molecule has 0 saturated carbocycles. The summed E-state index contributed by atoms with van der Waals surface area (Å²) >= 11 is 1.49. The van der Waals surface area contributed by atoms with Crippen molar-refractivity contribution in [1.82, 2.24) is 4.98 Å². The monoisotopic (exact) mass is 194 g/mol. The summed E-state index contributed by atoms with van der Waals surface area (Å²) in [6, 6.07) is -0.307. The second-order valence-corrected chi connectivity index (χ2v) is 3.01. The highest BCUT2D eigenvalue weighted by molar-refractivity contribution is 7.09. The van der Waals surface area contributed by atoms with Gasteiger partial charge in [-0.3, -0.25) is 0 Å². The van der Waals surface area contributed by atoms with Crippen molar-refractivity contribution < 1.29 is 5.11 Å². The molecule has 0 aromatic carbocycles. The molecule has 1 unspecified atom stereocenters. The van der Waals surface area contributed by atoms with Crippen LogP contribution in [0.15, 0.2) is 5.38 Å². The van der Waals surface area contributed by atoms with Gasteiger partial charge in [-0.2, -0.15) is 0 Å². The molecule has 11 heavy (non-hydrogen) atoms. The Morgan fingerprint density at radius 1 is 1.82 bits per heavy atom. The zero-order valence-electron chi connectivity index (χ0n) is 6.15. The molecule has 0 aliphatic heterocycles. The zero-order valence-corrected chi connectivity index (χ0v) is 7.78. The number of aryl methyl sites for hydroxylation is 1. The molecular formula is C6H11ClN2OS. The molecule has 1 rings (SSSR count). The molecule has 3 nitrogen and oxygen atoms in total. The Morgan fingerprint density at radius 3 is 2.82 bits per heavy atom. The third-order valence-corrected chi connectivity index (χ3v) is 2.25. The molecule has 0 fully saturated rings. The lowest BCUT2D eigenvalue weighted by Gasteiger charge is -2.00. The van der Waals surface area contributed by atoms with Gasteiger partial charge in [0, 0.05) is 11.1 Å². The van der Waals surface area contributed by atoms with Gasteiger partial charge < -0.3 is 10.8 Å². The first-order valence-corrected chi connectivity index (χ1v) is 3.90. The van der Waals surface area contributed by atoms with Gasteiger partial charge in [0.25, 0.3) is 0 Å². The number of hydrogen-bond acceptors (Lipinski definition) is 4. The van der Waals surface area contributed by atoms with Gasteiger partial charge in [-0.15, -0.1) is 23.7 Å². The van der Waals surface area contributed by atoms with Crippen LogP contribution in [0.3, 0.4) is 0 Å². The quantitative estimate of drug-likeness (QED) is 0.735. The van der Waals surface area contributed by atoms with E-state index in [0.717, 1.165) is 10.7 Å². The maximum atomic E-state index is 8.64. The molecule has 0 spiro atoms. The van der Waals surface area contributed by atoms with Crippen molar-refractivity contribution in [3.8, 4) is 0 Å². The second kappa shape index (κ2) is 4.66. The van der Waals surface area contributed by atoms with Crippen LogP contribution in [0.25, 0.3) is 0 Å². The Labute approximate surface area is 75.7 Å². The van der Waals surface area contributed by atoms with E-state index in [9.17, 15) is 0 Å². The van der Waals surface area contributed by atoms with Gasteiger partial charge >= 0.3 is 0 Å². The van der Waals surface area contributed by atoms with Gasteiger partial charge in [0.05, 0.1) is 12.6 Å². The number of halogens is 1. The molecular weight excluding hydrogens is 184 g/mol. The highest BCUT2D eigenvalue weighted by Crippen LogP contribution is 2.14. The molecule has 64 valence electrons. The molecule has 1 aromatic rings. The Bertz CT molecular complexity index is 216. The highest BCUT2D eigenvalue weighted by Gasteiger charge is 2.06. The minimum absolute atomic E-state index is 0. The third-order valence-electron chi connectivity index (χ3n) is 1.15. The standard InChI is InChI=1S/C6H10N2OS.ClH/c1-4-3-10-6(8-4)5(7)2-9;/h3,5,9H,2,7H2,1H3;1H. The minimum Gasteiger partial charge on any atom is -0.394 e. The van der Waals surface area contributed by atoms with Crippen molar-refractivity contribution >= 4 is 23.7 Å². The minimum atomic E-state index is -0.307. The van der Waals surface area contributed by atoms with Crippen LogP contribution in [-0.2, 0) is 0 Å². The van der Waals surface area contributed by atoms with Crippen molar-refractivity contribution in [3.05, 3.63) is 16.1 Å². The van der Waals surface area contributed by atoms with Crippen LogP contribution in [-0.4, -0.2) is 16.7 Å². The van der Waals surface area contributed by atoms with Crippen LogP contribution in [0.1, 0.15) is 16.7 Å². The number of nitrogens with zero attached hydrogens (tertiary/aromatic N) is 1. The van der Waals surface area contributed by atoms with Crippen LogP contribution in [0.5, 0.6) is 0 Å². The summed E-state index contributed by atoms with van der Waals surface area (Å²) in [6.45, 7) is 1.87. The number of aromatic nitrogens is 1. The molecule has 0 radical (unpaired) electrons. The summed E-state index contributed by atoms with van der Waals surface area (Å²) in [7, 11) is 0. The van der Waals surface area contributed by atoms with Crippen molar-refractivity contribution in [2.24, 2.45) is 5.73 Å². The first-order chi connectivity index (χ1) is 4.74. The summed E-state index contributed by atoms with van der Waals surface area (Å²) in [5.74, 6) is 0. The van der Waals surface area contributed by atoms with E-state index in [-0.39, 0.29) is 25.1 Å². The first-order valence-electron chi connectivity index (χ1n) is 3.02. The summed E-state index contributed by atoms with van der Waals surface area (Å²) < 4.78 is 0. The van der Waals surface area contributed by atoms with Crippen LogP contribution >= 0.6 is 23.7 Å². The fraction of sp³-hybridized carbons (Fsp3) is 0.500. The summed E-state index contributed by atoms with van der Waals surface area (Å²) in [6.07, 6.45) is 0.